The van der Waals surface area contributed by atoms with Crippen LogP contribution in [-0.2, 0) is 11.3 Å². The number of pyridine rings is 1. The van der Waals surface area contributed by atoms with Crippen molar-refractivity contribution < 1.29 is 19.1 Å². The van der Waals surface area contributed by atoms with Gasteiger partial charge in [0.2, 0.25) is 5.91 Å². The van der Waals surface area contributed by atoms with E-state index in [0.29, 0.717) is 36.3 Å². The molecule has 2 atom stereocenters. The number of hydrogen-bond donors (Lipinski definition) is 2. The number of rotatable bonds is 4. The topological polar surface area (TPSA) is 98.7 Å². The highest BCUT2D eigenvalue weighted by atomic mass is 32.1. The molecule has 2 fully saturated rings. The Bertz CT molecular complexity index is 1220. The highest BCUT2D eigenvalue weighted by Crippen LogP contribution is 2.39. The molecule has 3 amide bonds. The van der Waals surface area contributed by atoms with Crippen molar-refractivity contribution in [3.63, 3.8) is 0 Å². The van der Waals surface area contributed by atoms with Crippen molar-refractivity contribution in [1.82, 2.24) is 19.6 Å². The van der Waals surface area contributed by atoms with Gasteiger partial charge in [-0.2, -0.15) is 0 Å². The smallest absolute Gasteiger partial charge is 0.328 e. The lowest BCUT2D eigenvalue weighted by Gasteiger charge is -2.43. The van der Waals surface area contributed by atoms with Crippen molar-refractivity contribution >= 4 is 40.1 Å². The fraction of sp³-hybridized carbons (Fsp3) is 0.440. The molecule has 2 N–H and O–H groups in total. The van der Waals surface area contributed by atoms with Gasteiger partial charge < -0.3 is 5.11 Å². The molecule has 1 aromatic carbocycles. The molecular weight excluding hydrogens is 469 g/mol. The Kier molecular flexibility index (Phi) is 7.44. The minimum absolute atomic E-state index is 0.176. The molecule has 0 radical (unpaired) electrons. The van der Waals surface area contributed by atoms with Crippen LogP contribution in [0.5, 0.6) is 0 Å². The van der Waals surface area contributed by atoms with Crippen molar-refractivity contribution in [2.24, 2.45) is 0 Å². The number of β-amino-alcohol motifs (C(OH)–C–C–N with tert-alkyl or cyclic N) is 1. The van der Waals surface area contributed by atoms with Gasteiger partial charge in [0.05, 0.1) is 23.0 Å². The minimum Gasteiger partial charge on any atom is -0.388 e. The zero-order valence-corrected chi connectivity index (χ0v) is 20.9. The Morgan fingerprint density at radius 1 is 1.26 bits per heavy atom. The molecule has 2 unspecified atom stereocenters. The first kappa shape index (κ1) is 25.2. The molecule has 186 valence electrons. The molecular formula is C25H30FN5O3S. The van der Waals surface area contributed by atoms with Gasteiger partial charge in [0.25, 0.3) is 0 Å². The minimum atomic E-state index is -1.12. The second-order valence-corrected chi connectivity index (χ2v) is 9.79. The molecule has 10 heteroatoms. The summed E-state index contributed by atoms with van der Waals surface area (Å²) in [6.45, 7) is 7.83. The van der Waals surface area contributed by atoms with Gasteiger partial charge in [-0.05, 0) is 55.2 Å². The van der Waals surface area contributed by atoms with Crippen molar-refractivity contribution in [2.45, 2.75) is 51.7 Å². The van der Waals surface area contributed by atoms with Crippen LogP contribution in [0, 0.1) is 5.82 Å². The number of benzene rings is 1. The lowest BCUT2D eigenvalue weighted by Crippen LogP contribution is -2.50. The SMILES string of the molecule is CC.CC1(O)CN(Cc2ccns2)CCC1c1ccc2ncc(N3CCC(=O)NC3=O)cc2c1F. The molecule has 2 saturated heterocycles. The average Bonchev–Trinajstić information content (AvgIpc) is 3.34. The molecule has 0 saturated carbocycles. The van der Waals surface area contributed by atoms with E-state index in [-0.39, 0.29) is 30.2 Å². The van der Waals surface area contributed by atoms with E-state index in [9.17, 15) is 14.7 Å². The second-order valence-electron chi connectivity index (χ2n) is 8.87. The first-order valence-corrected chi connectivity index (χ1v) is 12.6. The number of nitrogens with one attached hydrogen (secondary N) is 1. The van der Waals surface area contributed by atoms with Gasteiger partial charge in [0.15, 0.2) is 0 Å². The summed E-state index contributed by atoms with van der Waals surface area (Å²) in [6, 6.07) is 6.47. The second kappa shape index (κ2) is 10.3. The Hall–Kier alpha value is -2.95. The molecule has 0 spiro atoms. The van der Waals surface area contributed by atoms with Crippen molar-refractivity contribution in [3.8, 4) is 0 Å². The number of hydrogen-bond acceptors (Lipinski definition) is 7. The van der Waals surface area contributed by atoms with Gasteiger partial charge in [0.1, 0.15) is 5.82 Å². The van der Waals surface area contributed by atoms with Crippen LogP contribution in [0.3, 0.4) is 0 Å². The van der Waals surface area contributed by atoms with E-state index in [0.717, 1.165) is 11.4 Å². The van der Waals surface area contributed by atoms with E-state index in [2.05, 4.69) is 19.6 Å². The van der Waals surface area contributed by atoms with Crippen molar-refractivity contribution in [1.29, 1.82) is 0 Å². The molecule has 2 aromatic heterocycles. The van der Waals surface area contributed by atoms with Gasteiger partial charge in [-0.1, -0.05) is 19.9 Å². The van der Waals surface area contributed by atoms with Crippen molar-refractivity contribution in [3.05, 3.63) is 52.9 Å². The molecule has 8 nitrogen and oxygen atoms in total. The van der Waals surface area contributed by atoms with Gasteiger partial charge in [-0.15, -0.1) is 0 Å². The van der Waals surface area contributed by atoms with E-state index in [1.165, 1.54) is 22.6 Å². The van der Waals surface area contributed by atoms with Gasteiger partial charge in [0, 0.05) is 48.4 Å². The summed E-state index contributed by atoms with van der Waals surface area (Å²) in [5.41, 5.74) is 0.225. The van der Waals surface area contributed by atoms with Crippen LogP contribution in [0.2, 0.25) is 0 Å². The Morgan fingerprint density at radius 3 is 2.74 bits per heavy atom. The van der Waals surface area contributed by atoms with Gasteiger partial charge in [-0.3, -0.25) is 24.9 Å². The van der Waals surface area contributed by atoms with E-state index in [4.69, 9.17) is 0 Å². The number of urea groups is 1. The molecule has 4 heterocycles. The number of piperidine rings is 1. The molecule has 3 aromatic rings. The number of anilines is 1. The predicted molar refractivity (Wildman–Crippen MR) is 134 cm³/mol. The molecule has 2 aliphatic rings. The number of amides is 3. The fourth-order valence-corrected chi connectivity index (χ4v) is 5.45. The monoisotopic (exact) mass is 499 g/mol. The summed E-state index contributed by atoms with van der Waals surface area (Å²) in [6.07, 6.45) is 4.06. The number of carbonyl (C=O) groups is 2. The van der Waals surface area contributed by atoms with Crippen LogP contribution < -0.4 is 10.2 Å². The third-order valence-corrected chi connectivity index (χ3v) is 7.18. The molecule has 0 aliphatic carbocycles. The zero-order chi connectivity index (χ0) is 25.2. The van der Waals surface area contributed by atoms with Crippen LogP contribution in [0.1, 0.15) is 50.0 Å². The number of likely N-dealkylation sites (tertiary alicyclic amines) is 1. The van der Waals surface area contributed by atoms with Crippen LogP contribution >= 0.6 is 11.5 Å². The number of halogens is 1. The van der Waals surface area contributed by atoms with Crippen LogP contribution in [-0.4, -0.2) is 56.5 Å². The average molecular weight is 500 g/mol. The molecule has 0 bridgehead atoms. The van der Waals surface area contributed by atoms with E-state index in [1.807, 2.05) is 19.9 Å². The molecule has 2 aliphatic heterocycles. The largest absolute Gasteiger partial charge is 0.388 e. The number of carbonyl (C=O) groups excluding carboxylic acids is 2. The summed E-state index contributed by atoms with van der Waals surface area (Å²) in [5.74, 6) is -1.14. The lowest BCUT2D eigenvalue weighted by atomic mass is 9.77. The predicted octanol–water partition coefficient (Wildman–Crippen LogP) is 4.04. The maximum atomic E-state index is 15.8. The quantitative estimate of drug-likeness (QED) is 0.562. The maximum Gasteiger partial charge on any atom is 0.328 e. The highest BCUT2D eigenvalue weighted by molar-refractivity contribution is 7.05. The summed E-state index contributed by atoms with van der Waals surface area (Å²) in [7, 11) is 0. The highest BCUT2D eigenvalue weighted by Gasteiger charge is 2.40. The lowest BCUT2D eigenvalue weighted by molar-refractivity contribution is -0.120. The van der Waals surface area contributed by atoms with Crippen LogP contribution in [0.15, 0.2) is 36.7 Å². The Morgan fingerprint density at radius 2 is 2.06 bits per heavy atom. The van der Waals surface area contributed by atoms with E-state index >= 15 is 4.39 Å². The number of aliphatic hydroxyl groups is 1. The number of fused-ring (bicyclic) bond motifs is 1. The first-order chi connectivity index (χ1) is 16.8. The Balaban J connectivity index is 0.00000141. The van der Waals surface area contributed by atoms with Crippen LogP contribution in [0.4, 0.5) is 14.9 Å². The molecule has 35 heavy (non-hydrogen) atoms. The molecule has 5 rings (SSSR count). The van der Waals surface area contributed by atoms with Gasteiger partial charge in [-0.25, -0.2) is 13.6 Å². The summed E-state index contributed by atoms with van der Waals surface area (Å²) >= 11 is 1.44. The number of imide groups is 1. The fourth-order valence-electron chi connectivity index (χ4n) is 4.83. The summed E-state index contributed by atoms with van der Waals surface area (Å²) in [5, 5.41) is 13.8. The normalized spacial score (nSPS) is 23.1. The number of aromatic nitrogens is 2. The van der Waals surface area contributed by atoms with Crippen LogP contribution in [0.25, 0.3) is 10.9 Å². The van der Waals surface area contributed by atoms with E-state index < -0.39 is 17.4 Å². The number of nitrogens with zero attached hydrogens (tertiary/aromatic N) is 4. The summed E-state index contributed by atoms with van der Waals surface area (Å²) < 4.78 is 19.9. The Labute approximate surface area is 207 Å². The van der Waals surface area contributed by atoms with E-state index in [1.54, 1.807) is 31.3 Å². The zero-order valence-electron chi connectivity index (χ0n) is 20.1. The maximum absolute atomic E-state index is 15.8. The third-order valence-electron chi connectivity index (χ3n) is 6.45. The van der Waals surface area contributed by atoms with Crippen molar-refractivity contribution in [2.75, 3.05) is 24.5 Å². The third kappa shape index (κ3) is 5.19. The standard InChI is InChI=1S/C23H24FN5O3S.C2H6/c1-23(32)13-28(12-15-4-7-26-33-15)8-5-18(23)16-2-3-19-17(21(16)24)10-14(11-25-19)29-9-6-20(30)27-22(29)31;1-2/h2-4,7,10-11,18,32H,5-6,8-9,12-13H2,1H3,(H,27,30,31);1-2H3. The summed E-state index contributed by atoms with van der Waals surface area (Å²) in [4.78, 5) is 32.6. The van der Waals surface area contributed by atoms with Gasteiger partial charge >= 0.3 is 6.03 Å². The first-order valence-electron chi connectivity index (χ1n) is 11.9.